The van der Waals surface area contributed by atoms with Gasteiger partial charge in [-0.1, -0.05) is 32.6 Å². The van der Waals surface area contributed by atoms with Gasteiger partial charge in [-0.15, -0.1) is 0 Å². The van der Waals surface area contributed by atoms with Crippen LogP contribution in [0.25, 0.3) is 0 Å². The molecule has 0 aromatic rings. The van der Waals surface area contributed by atoms with Gasteiger partial charge in [-0.3, -0.25) is 0 Å². The van der Waals surface area contributed by atoms with Crippen LogP contribution in [0.4, 0.5) is 0 Å². The van der Waals surface area contributed by atoms with Gasteiger partial charge in [0.15, 0.2) is 0 Å². The molecule has 0 heterocycles. The smallest absolute Gasteiger partial charge is 0.217 e. The fourth-order valence-corrected chi connectivity index (χ4v) is 4.46. The number of aliphatic hydroxyl groups excluding tert-OH is 1. The second-order valence-corrected chi connectivity index (χ2v) is 6.99. The molecule has 0 aliphatic heterocycles. The molecule has 4 nitrogen and oxygen atoms in total. The zero-order valence-electron chi connectivity index (χ0n) is 10.8. The molecule has 0 saturated heterocycles. The molecule has 0 amide bonds. The number of hydrogen-bond acceptors (Lipinski definition) is 3. The Morgan fingerprint density at radius 2 is 1.82 bits per heavy atom. The molecular weight excluding hydrogens is 238 g/mol. The molecule has 5 heteroatoms. The van der Waals surface area contributed by atoms with Crippen LogP contribution in [0.2, 0.25) is 0 Å². The molecule has 1 aliphatic rings. The largest absolute Gasteiger partial charge is 0.395 e. The van der Waals surface area contributed by atoms with Crippen LogP contribution in [0.5, 0.6) is 0 Å². The van der Waals surface area contributed by atoms with E-state index in [2.05, 4.69) is 0 Å². The molecule has 0 aromatic heterocycles. The number of hydrogen-bond donors (Lipinski definition) is 1. The summed E-state index contributed by atoms with van der Waals surface area (Å²) in [5, 5.41) is 8.78. The number of nitrogens with zero attached hydrogens (tertiary/aromatic N) is 1. The SMILES string of the molecule is CCCCN(CCO)S(=O)(=O)C1CCCCC1. The lowest BCUT2D eigenvalue weighted by atomic mass is 10.0. The highest BCUT2D eigenvalue weighted by Gasteiger charge is 2.32. The molecule has 1 aliphatic carbocycles. The molecule has 1 rings (SSSR count). The normalized spacial score (nSPS) is 18.8. The first-order valence-corrected chi connectivity index (χ1v) is 8.23. The summed E-state index contributed by atoms with van der Waals surface area (Å²) in [6.07, 6.45) is 6.61. The third-order valence-corrected chi connectivity index (χ3v) is 5.84. The minimum atomic E-state index is -3.19. The van der Waals surface area contributed by atoms with Crippen molar-refractivity contribution >= 4 is 10.0 Å². The highest BCUT2D eigenvalue weighted by atomic mass is 32.2. The van der Waals surface area contributed by atoms with Crippen molar-refractivity contribution in [2.75, 3.05) is 19.7 Å². The topological polar surface area (TPSA) is 57.6 Å². The van der Waals surface area contributed by atoms with Crippen LogP contribution in [-0.2, 0) is 10.0 Å². The van der Waals surface area contributed by atoms with Gasteiger partial charge in [-0.05, 0) is 19.3 Å². The van der Waals surface area contributed by atoms with E-state index in [4.69, 9.17) is 5.11 Å². The first kappa shape index (κ1) is 14.9. The highest BCUT2D eigenvalue weighted by Crippen LogP contribution is 2.26. The predicted molar refractivity (Wildman–Crippen MR) is 69.4 cm³/mol. The Kier molecular flexibility index (Phi) is 6.44. The van der Waals surface area contributed by atoms with Crippen molar-refractivity contribution < 1.29 is 13.5 Å². The maximum absolute atomic E-state index is 12.4. The first-order valence-electron chi connectivity index (χ1n) is 6.72. The molecule has 0 bridgehead atoms. The zero-order chi connectivity index (χ0) is 12.7. The number of sulfonamides is 1. The average molecular weight is 263 g/mol. The molecule has 0 aromatic carbocycles. The van der Waals surface area contributed by atoms with Crippen molar-refractivity contribution in [3.05, 3.63) is 0 Å². The minimum absolute atomic E-state index is 0.0876. The van der Waals surface area contributed by atoms with Crippen molar-refractivity contribution in [1.82, 2.24) is 4.31 Å². The van der Waals surface area contributed by atoms with Gasteiger partial charge in [0.05, 0.1) is 11.9 Å². The minimum Gasteiger partial charge on any atom is -0.395 e. The molecule has 1 fully saturated rings. The van der Waals surface area contributed by atoms with E-state index >= 15 is 0 Å². The third-order valence-electron chi connectivity index (χ3n) is 3.44. The van der Waals surface area contributed by atoms with Crippen LogP contribution >= 0.6 is 0 Å². The number of unbranched alkanes of at least 4 members (excludes halogenated alkanes) is 1. The summed E-state index contributed by atoms with van der Waals surface area (Å²) in [7, 11) is -3.19. The monoisotopic (exact) mass is 263 g/mol. The predicted octanol–water partition coefficient (Wildman–Crippen LogP) is 1.74. The molecular formula is C12H25NO3S. The van der Waals surface area contributed by atoms with Gasteiger partial charge in [-0.2, -0.15) is 4.31 Å². The highest BCUT2D eigenvalue weighted by molar-refractivity contribution is 7.89. The van der Waals surface area contributed by atoms with Crippen molar-refractivity contribution in [3.63, 3.8) is 0 Å². The van der Waals surface area contributed by atoms with Gasteiger partial charge in [-0.25, -0.2) is 8.42 Å². The van der Waals surface area contributed by atoms with Crippen LogP contribution in [-0.4, -0.2) is 42.8 Å². The van der Waals surface area contributed by atoms with Crippen LogP contribution in [0.3, 0.4) is 0 Å². The third kappa shape index (κ3) is 4.23. The molecule has 1 N–H and O–H groups in total. The Bertz CT molecular complexity index is 297. The lowest BCUT2D eigenvalue weighted by Gasteiger charge is -2.29. The fraction of sp³-hybridized carbons (Fsp3) is 1.00. The van der Waals surface area contributed by atoms with Crippen LogP contribution < -0.4 is 0 Å². The quantitative estimate of drug-likeness (QED) is 0.761. The van der Waals surface area contributed by atoms with E-state index in [0.717, 1.165) is 44.9 Å². The Balaban J connectivity index is 2.67. The van der Waals surface area contributed by atoms with E-state index in [0.29, 0.717) is 6.54 Å². The Morgan fingerprint density at radius 1 is 1.18 bits per heavy atom. The average Bonchev–Trinajstić information content (AvgIpc) is 2.35. The Morgan fingerprint density at radius 3 is 2.35 bits per heavy atom. The standard InChI is InChI=1S/C12H25NO3S/c1-2-3-9-13(10-11-14)17(15,16)12-7-5-4-6-8-12/h12,14H,2-11H2,1H3. The van der Waals surface area contributed by atoms with E-state index in [-0.39, 0.29) is 18.4 Å². The lowest BCUT2D eigenvalue weighted by molar-refractivity contribution is 0.250. The first-order chi connectivity index (χ1) is 8.12. The van der Waals surface area contributed by atoms with Gasteiger partial charge >= 0.3 is 0 Å². The van der Waals surface area contributed by atoms with Crippen molar-refractivity contribution in [2.45, 2.75) is 57.1 Å². The summed E-state index contributed by atoms with van der Waals surface area (Å²) in [6, 6.07) is 0. The van der Waals surface area contributed by atoms with Crippen LogP contribution in [0.1, 0.15) is 51.9 Å². The van der Waals surface area contributed by atoms with Crippen LogP contribution in [0.15, 0.2) is 0 Å². The van der Waals surface area contributed by atoms with Gasteiger partial charge < -0.3 is 5.11 Å². The van der Waals surface area contributed by atoms with Gasteiger partial charge in [0.25, 0.3) is 0 Å². The van der Waals surface area contributed by atoms with Gasteiger partial charge in [0.2, 0.25) is 10.0 Å². The summed E-state index contributed by atoms with van der Waals surface area (Å²) >= 11 is 0. The van der Waals surface area contributed by atoms with Crippen molar-refractivity contribution in [3.8, 4) is 0 Å². The molecule has 0 radical (unpaired) electrons. The fourth-order valence-electron chi connectivity index (χ4n) is 2.39. The Hall–Kier alpha value is -0.130. The van der Waals surface area contributed by atoms with Gasteiger partial charge in [0, 0.05) is 13.1 Å². The number of aliphatic hydroxyl groups is 1. The molecule has 0 spiro atoms. The molecule has 0 unspecified atom stereocenters. The second kappa shape index (κ2) is 7.34. The summed E-state index contributed by atoms with van der Waals surface area (Å²) < 4.78 is 26.3. The summed E-state index contributed by atoms with van der Waals surface area (Å²) in [5.74, 6) is 0. The summed E-state index contributed by atoms with van der Waals surface area (Å²) in [6.45, 7) is 2.76. The summed E-state index contributed by atoms with van der Waals surface area (Å²) in [5.41, 5.74) is 0. The number of rotatable bonds is 7. The van der Waals surface area contributed by atoms with E-state index in [9.17, 15) is 8.42 Å². The molecule has 102 valence electrons. The zero-order valence-corrected chi connectivity index (χ0v) is 11.6. The maximum atomic E-state index is 12.4. The molecule has 17 heavy (non-hydrogen) atoms. The van der Waals surface area contributed by atoms with Gasteiger partial charge in [0.1, 0.15) is 0 Å². The van der Waals surface area contributed by atoms with E-state index in [1.54, 1.807) is 0 Å². The second-order valence-electron chi connectivity index (χ2n) is 4.78. The lowest BCUT2D eigenvalue weighted by Crippen LogP contribution is -2.41. The maximum Gasteiger partial charge on any atom is 0.217 e. The van der Waals surface area contributed by atoms with E-state index in [1.807, 2.05) is 6.92 Å². The molecule has 1 saturated carbocycles. The Labute approximate surface area is 105 Å². The van der Waals surface area contributed by atoms with Crippen molar-refractivity contribution in [1.29, 1.82) is 0 Å². The van der Waals surface area contributed by atoms with E-state index < -0.39 is 10.0 Å². The van der Waals surface area contributed by atoms with Crippen molar-refractivity contribution in [2.24, 2.45) is 0 Å². The summed E-state index contributed by atoms with van der Waals surface area (Å²) in [4.78, 5) is 0. The molecule has 0 atom stereocenters. The van der Waals surface area contributed by atoms with Crippen LogP contribution in [0, 0.1) is 0 Å². The van der Waals surface area contributed by atoms with E-state index in [1.165, 1.54) is 4.31 Å².